The van der Waals surface area contributed by atoms with Gasteiger partial charge in [-0.05, 0) is 26.8 Å². The molecule has 0 radical (unpaired) electrons. The Kier molecular flexibility index (Phi) is 4.54. The summed E-state index contributed by atoms with van der Waals surface area (Å²) >= 11 is 1.52. The van der Waals surface area contributed by atoms with Crippen LogP contribution in [-0.2, 0) is 16.6 Å². The van der Waals surface area contributed by atoms with Crippen LogP contribution in [0.1, 0.15) is 21.1 Å². The molecule has 9 heteroatoms. The number of rotatable bonds is 4. The van der Waals surface area contributed by atoms with Gasteiger partial charge in [-0.25, -0.2) is 13.0 Å². The molecule has 0 saturated carbocycles. The van der Waals surface area contributed by atoms with Crippen LogP contribution in [0.15, 0.2) is 15.6 Å². The molecule has 126 valence electrons. The third-order valence-electron chi connectivity index (χ3n) is 4.06. The lowest BCUT2D eigenvalue weighted by Crippen LogP contribution is -2.48. The molecule has 0 bridgehead atoms. The monoisotopic (exact) mass is 356 g/mol. The Morgan fingerprint density at radius 3 is 2.39 bits per heavy atom. The lowest BCUT2D eigenvalue weighted by Gasteiger charge is -2.33. The maximum Gasteiger partial charge on any atom is 0.244 e. The van der Waals surface area contributed by atoms with E-state index >= 15 is 0 Å². The van der Waals surface area contributed by atoms with Crippen molar-refractivity contribution in [3.8, 4) is 0 Å². The van der Waals surface area contributed by atoms with Gasteiger partial charge < -0.3 is 0 Å². The van der Waals surface area contributed by atoms with Crippen LogP contribution in [-0.4, -0.2) is 54.1 Å². The summed E-state index contributed by atoms with van der Waals surface area (Å²) in [5, 5.41) is 7.65. The number of aryl methyl sites for hydroxylation is 3. The van der Waals surface area contributed by atoms with Crippen molar-refractivity contribution in [2.24, 2.45) is 0 Å². The van der Waals surface area contributed by atoms with Crippen molar-refractivity contribution in [1.29, 1.82) is 0 Å². The van der Waals surface area contributed by atoms with Gasteiger partial charge in [-0.1, -0.05) is 10.3 Å². The van der Waals surface area contributed by atoms with Gasteiger partial charge in [-0.3, -0.25) is 4.90 Å². The maximum atomic E-state index is 12.8. The zero-order valence-corrected chi connectivity index (χ0v) is 15.1. The molecule has 0 unspecified atom stereocenters. The van der Waals surface area contributed by atoms with Gasteiger partial charge in [0.1, 0.15) is 11.4 Å². The third kappa shape index (κ3) is 3.32. The molecule has 1 aliphatic heterocycles. The molecule has 0 aliphatic carbocycles. The topological polar surface area (TPSA) is 79.5 Å². The van der Waals surface area contributed by atoms with Crippen LogP contribution in [0.25, 0.3) is 0 Å². The van der Waals surface area contributed by atoms with Crippen LogP contribution >= 0.6 is 11.3 Å². The van der Waals surface area contributed by atoms with Crippen molar-refractivity contribution in [3.05, 3.63) is 27.2 Å². The Morgan fingerprint density at radius 1 is 1.17 bits per heavy atom. The molecule has 2 aromatic rings. The number of nitrogens with zero attached hydrogens (tertiary/aromatic N) is 4. The first kappa shape index (κ1) is 16.6. The molecule has 2 aromatic heterocycles. The summed E-state index contributed by atoms with van der Waals surface area (Å²) in [5.41, 5.74) is 1.59. The smallest absolute Gasteiger partial charge is 0.244 e. The highest BCUT2D eigenvalue weighted by atomic mass is 32.2. The second-order valence-electron chi connectivity index (χ2n) is 5.75. The molecular formula is C14H20N4O3S2. The molecule has 3 heterocycles. The minimum Gasteiger partial charge on any atom is -0.295 e. The van der Waals surface area contributed by atoms with Gasteiger partial charge in [0.2, 0.25) is 10.0 Å². The van der Waals surface area contributed by atoms with Crippen LogP contribution in [0.2, 0.25) is 0 Å². The fourth-order valence-corrected chi connectivity index (χ4v) is 5.68. The molecule has 1 saturated heterocycles. The highest BCUT2D eigenvalue weighted by molar-refractivity contribution is 7.89. The predicted molar refractivity (Wildman–Crippen MR) is 86.9 cm³/mol. The highest BCUT2D eigenvalue weighted by Crippen LogP contribution is 2.28. The number of sulfonamides is 1. The molecule has 0 spiro atoms. The van der Waals surface area contributed by atoms with E-state index in [-0.39, 0.29) is 0 Å². The Morgan fingerprint density at radius 2 is 1.87 bits per heavy atom. The summed E-state index contributed by atoms with van der Waals surface area (Å²) in [7, 11) is -3.39. The first-order valence-corrected chi connectivity index (χ1v) is 9.71. The van der Waals surface area contributed by atoms with E-state index in [1.807, 2.05) is 20.8 Å². The molecule has 1 fully saturated rings. The second kappa shape index (κ2) is 6.31. The standard InChI is InChI=1S/C14H20N4O3S2/c1-10-8-14(12(3)22-10)23(19,20)18-6-4-17(5-7-18)9-13-11(2)15-21-16-13/h8H,4-7,9H2,1-3H3. The van der Waals surface area contributed by atoms with E-state index in [0.717, 1.165) is 21.1 Å². The molecular weight excluding hydrogens is 336 g/mol. The number of aromatic nitrogens is 2. The predicted octanol–water partition coefficient (Wildman–Crippen LogP) is 1.56. The summed E-state index contributed by atoms with van der Waals surface area (Å²) in [6, 6.07) is 1.77. The normalized spacial score (nSPS) is 17.7. The Bertz CT molecular complexity index is 789. The summed E-state index contributed by atoms with van der Waals surface area (Å²) in [5.74, 6) is 0. The largest absolute Gasteiger partial charge is 0.295 e. The van der Waals surface area contributed by atoms with Crippen LogP contribution in [0.3, 0.4) is 0 Å². The summed E-state index contributed by atoms with van der Waals surface area (Å²) in [6.07, 6.45) is 0. The quantitative estimate of drug-likeness (QED) is 0.827. The van der Waals surface area contributed by atoms with E-state index in [4.69, 9.17) is 4.63 Å². The van der Waals surface area contributed by atoms with E-state index < -0.39 is 10.0 Å². The average Bonchev–Trinajstić information content (AvgIpc) is 3.06. The molecule has 0 amide bonds. The average molecular weight is 356 g/mol. The number of hydrogen-bond acceptors (Lipinski definition) is 7. The fraction of sp³-hybridized carbons (Fsp3) is 0.571. The zero-order chi connectivity index (χ0) is 16.6. The molecule has 7 nitrogen and oxygen atoms in total. The molecule has 0 aromatic carbocycles. The number of piperazine rings is 1. The van der Waals surface area contributed by atoms with Crippen molar-refractivity contribution < 1.29 is 13.0 Å². The van der Waals surface area contributed by atoms with Crippen LogP contribution in [0, 0.1) is 20.8 Å². The van der Waals surface area contributed by atoms with E-state index in [9.17, 15) is 8.42 Å². The lowest BCUT2D eigenvalue weighted by molar-refractivity contribution is 0.176. The minimum atomic E-state index is -3.39. The lowest BCUT2D eigenvalue weighted by atomic mass is 10.3. The summed E-state index contributed by atoms with van der Waals surface area (Å²) in [4.78, 5) is 4.50. The van der Waals surface area contributed by atoms with Crippen molar-refractivity contribution in [2.45, 2.75) is 32.2 Å². The van der Waals surface area contributed by atoms with Crippen molar-refractivity contribution in [3.63, 3.8) is 0 Å². The van der Waals surface area contributed by atoms with Crippen molar-refractivity contribution in [1.82, 2.24) is 19.5 Å². The summed E-state index contributed by atoms with van der Waals surface area (Å²) < 4.78 is 31.8. The molecule has 23 heavy (non-hydrogen) atoms. The van der Waals surface area contributed by atoms with Gasteiger partial charge in [-0.2, -0.15) is 4.31 Å². The van der Waals surface area contributed by atoms with Gasteiger partial charge in [0.25, 0.3) is 0 Å². The van der Waals surface area contributed by atoms with E-state index in [1.54, 1.807) is 10.4 Å². The number of thiophene rings is 1. The fourth-order valence-electron chi connectivity index (χ4n) is 2.74. The van der Waals surface area contributed by atoms with E-state index in [0.29, 0.717) is 37.6 Å². The van der Waals surface area contributed by atoms with Crippen LogP contribution < -0.4 is 0 Å². The van der Waals surface area contributed by atoms with Gasteiger partial charge >= 0.3 is 0 Å². The maximum absolute atomic E-state index is 12.8. The Balaban J connectivity index is 1.66. The SMILES string of the molecule is Cc1cc(S(=O)(=O)N2CCN(Cc3nonc3C)CC2)c(C)s1. The third-order valence-corrected chi connectivity index (χ3v) is 7.18. The molecule has 0 N–H and O–H groups in total. The highest BCUT2D eigenvalue weighted by Gasteiger charge is 2.30. The van der Waals surface area contributed by atoms with Gasteiger partial charge in [0.15, 0.2) is 0 Å². The Hall–Kier alpha value is -1.29. The number of hydrogen-bond donors (Lipinski definition) is 0. The molecule has 1 aliphatic rings. The second-order valence-corrected chi connectivity index (χ2v) is 9.12. The van der Waals surface area contributed by atoms with Crippen molar-refractivity contribution in [2.75, 3.05) is 26.2 Å². The summed E-state index contributed by atoms with van der Waals surface area (Å²) in [6.45, 7) is 8.61. The van der Waals surface area contributed by atoms with Gasteiger partial charge in [0.05, 0.1) is 4.90 Å². The van der Waals surface area contributed by atoms with Gasteiger partial charge in [-0.15, -0.1) is 11.3 Å². The molecule has 0 atom stereocenters. The van der Waals surface area contributed by atoms with Crippen LogP contribution in [0.4, 0.5) is 0 Å². The van der Waals surface area contributed by atoms with E-state index in [1.165, 1.54) is 11.3 Å². The van der Waals surface area contributed by atoms with E-state index in [2.05, 4.69) is 15.2 Å². The van der Waals surface area contributed by atoms with Crippen LogP contribution in [0.5, 0.6) is 0 Å². The first-order valence-electron chi connectivity index (χ1n) is 7.45. The zero-order valence-electron chi connectivity index (χ0n) is 13.4. The Labute approximate surface area is 139 Å². The first-order chi connectivity index (χ1) is 10.9. The van der Waals surface area contributed by atoms with Gasteiger partial charge in [0, 0.05) is 42.5 Å². The molecule has 3 rings (SSSR count). The minimum absolute atomic E-state index is 0.449. The van der Waals surface area contributed by atoms with Crippen molar-refractivity contribution >= 4 is 21.4 Å².